The number of carbonyl (C=O) groups is 1. The number of amides is 1. The van der Waals surface area contributed by atoms with E-state index in [1.807, 2.05) is 30.3 Å². The van der Waals surface area contributed by atoms with Crippen LogP contribution in [0.5, 0.6) is 11.6 Å². The summed E-state index contributed by atoms with van der Waals surface area (Å²) >= 11 is 1.26. The van der Waals surface area contributed by atoms with Gasteiger partial charge in [-0.1, -0.05) is 24.3 Å². The second kappa shape index (κ2) is 8.92. The molecule has 0 unspecified atom stereocenters. The number of hydrogen-bond acceptors (Lipinski definition) is 5. The van der Waals surface area contributed by atoms with Crippen molar-refractivity contribution in [2.75, 3.05) is 7.11 Å². The van der Waals surface area contributed by atoms with E-state index in [1.54, 1.807) is 30.5 Å². The van der Waals surface area contributed by atoms with Crippen molar-refractivity contribution in [3.05, 3.63) is 88.7 Å². The highest BCUT2D eigenvalue weighted by Gasteiger charge is 2.21. The maximum absolute atomic E-state index is 14.6. The molecule has 2 aromatic carbocycles. The maximum Gasteiger partial charge on any atom is 0.262 e. The van der Waals surface area contributed by atoms with Gasteiger partial charge in [0.2, 0.25) is 5.88 Å². The van der Waals surface area contributed by atoms with Crippen LogP contribution in [0, 0.1) is 5.82 Å². The van der Waals surface area contributed by atoms with Gasteiger partial charge in [0.25, 0.3) is 5.91 Å². The van der Waals surface area contributed by atoms with Crippen molar-refractivity contribution in [1.82, 2.24) is 10.3 Å². The Balaban J connectivity index is 1.60. The number of thiophene rings is 1. The van der Waals surface area contributed by atoms with E-state index in [4.69, 9.17) is 9.47 Å². The lowest BCUT2D eigenvalue weighted by Gasteiger charge is -2.09. The van der Waals surface area contributed by atoms with Gasteiger partial charge in [0.05, 0.1) is 12.0 Å². The summed E-state index contributed by atoms with van der Waals surface area (Å²) in [6.45, 7) is 0.393. The number of hydrogen-bond donors (Lipinski definition) is 1. The summed E-state index contributed by atoms with van der Waals surface area (Å²) in [5, 5.41) is 3.32. The molecule has 0 radical (unpaired) electrons. The first-order chi connectivity index (χ1) is 14.7. The van der Waals surface area contributed by atoms with E-state index in [9.17, 15) is 9.18 Å². The van der Waals surface area contributed by atoms with Crippen LogP contribution in [-0.2, 0) is 13.2 Å². The number of fused-ring (bicyclic) bond motifs is 1. The van der Waals surface area contributed by atoms with Crippen molar-refractivity contribution >= 4 is 27.3 Å². The van der Waals surface area contributed by atoms with Gasteiger partial charge in [-0.25, -0.2) is 9.37 Å². The van der Waals surface area contributed by atoms with Crippen molar-refractivity contribution in [3.8, 4) is 11.6 Å². The van der Waals surface area contributed by atoms with Gasteiger partial charge < -0.3 is 14.8 Å². The number of ether oxygens (including phenoxy) is 2. The molecule has 0 aliphatic rings. The lowest BCUT2D eigenvalue weighted by Crippen LogP contribution is -2.23. The zero-order valence-corrected chi connectivity index (χ0v) is 17.0. The molecule has 0 saturated heterocycles. The summed E-state index contributed by atoms with van der Waals surface area (Å²) in [4.78, 5) is 17.5. The number of aromatic nitrogens is 1. The molecule has 30 heavy (non-hydrogen) atoms. The maximum atomic E-state index is 14.6. The van der Waals surface area contributed by atoms with Crippen LogP contribution in [-0.4, -0.2) is 18.0 Å². The molecule has 0 aliphatic carbocycles. The average Bonchev–Trinajstić information content (AvgIpc) is 3.17. The minimum atomic E-state index is -0.367. The highest BCUT2D eigenvalue weighted by atomic mass is 32.1. The zero-order valence-electron chi connectivity index (χ0n) is 16.2. The fourth-order valence-electron chi connectivity index (χ4n) is 3.10. The number of halogens is 1. The number of para-hydroxylation sites is 1. The van der Waals surface area contributed by atoms with E-state index in [0.717, 1.165) is 5.56 Å². The Hall–Kier alpha value is -3.45. The number of pyridine rings is 1. The van der Waals surface area contributed by atoms with Gasteiger partial charge in [-0.05, 0) is 35.9 Å². The Morgan fingerprint density at radius 3 is 2.77 bits per heavy atom. The van der Waals surface area contributed by atoms with Crippen LogP contribution in [0.15, 0.2) is 66.9 Å². The monoisotopic (exact) mass is 422 g/mol. The van der Waals surface area contributed by atoms with Crippen LogP contribution in [0.1, 0.15) is 20.8 Å². The van der Waals surface area contributed by atoms with Crippen LogP contribution in [0.3, 0.4) is 0 Å². The first-order valence-corrected chi connectivity index (χ1v) is 10.1. The fraction of sp³-hybridized carbons (Fsp3) is 0.130. The lowest BCUT2D eigenvalue weighted by molar-refractivity contribution is 0.0952. The summed E-state index contributed by atoms with van der Waals surface area (Å²) < 4.78 is 26.2. The van der Waals surface area contributed by atoms with Gasteiger partial charge in [0, 0.05) is 34.5 Å². The third-order valence-electron chi connectivity index (χ3n) is 4.56. The summed E-state index contributed by atoms with van der Waals surface area (Å²) in [6.07, 6.45) is 1.62. The fourth-order valence-corrected chi connectivity index (χ4v) is 4.23. The zero-order chi connectivity index (χ0) is 20.9. The minimum absolute atomic E-state index is 0.0940. The van der Waals surface area contributed by atoms with E-state index < -0.39 is 0 Å². The first-order valence-electron chi connectivity index (χ1n) is 9.30. The van der Waals surface area contributed by atoms with Crippen molar-refractivity contribution in [3.63, 3.8) is 0 Å². The lowest BCUT2D eigenvalue weighted by atomic mass is 10.1. The van der Waals surface area contributed by atoms with E-state index in [-0.39, 0.29) is 18.3 Å². The molecule has 0 atom stereocenters. The molecule has 0 saturated carbocycles. The van der Waals surface area contributed by atoms with E-state index >= 15 is 0 Å². The molecule has 0 aliphatic heterocycles. The SMILES string of the molecule is COc1cc(CNC(=O)c2sc3cccc(F)c3c2COc2ccccc2)ccn1. The Morgan fingerprint density at radius 1 is 1.13 bits per heavy atom. The normalized spacial score (nSPS) is 10.7. The summed E-state index contributed by atoms with van der Waals surface area (Å²) in [6, 6.07) is 17.6. The summed E-state index contributed by atoms with van der Waals surface area (Å²) in [7, 11) is 1.54. The summed E-state index contributed by atoms with van der Waals surface area (Å²) in [5.74, 6) is 0.484. The molecule has 5 nitrogen and oxygen atoms in total. The molecule has 2 aromatic heterocycles. The Bertz CT molecular complexity index is 1180. The van der Waals surface area contributed by atoms with Crippen molar-refractivity contribution in [2.24, 2.45) is 0 Å². The van der Waals surface area contributed by atoms with Gasteiger partial charge in [0.15, 0.2) is 0 Å². The minimum Gasteiger partial charge on any atom is -0.489 e. The van der Waals surface area contributed by atoms with Crippen LogP contribution >= 0.6 is 11.3 Å². The number of benzene rings is 2. The van der Waals surface area contributed by atoms with Crippen LogP contribution < -0.4 is 14.8 Å². The average molecular weight is 422 g/mol. The molecule has 0 fully saturated rings. The van der Waals surface area contributed by atoms with Gasteiger partial charge in [-0.15, -0.1) is 11.3 Å². The third-order valence-corrected chi connectivity index (χ3v) is 5.75. The van der Waals surface area contributed by atoms with Gasteiger partial charge in [0.1, 0.15) is 18.2 Å². The first kappa shape index (κ1) is 19.8. The molecule has 2 heterocycles. The van der Waals surface area contributed by atoms with Crippen LogP contribution in [0.25, 0.3) is 10.1 Å². The number of nitrogens with one attached hydrogen (secondary N) is 1. The van der Waals surface area contributed by atoms with Crippen molar-refractivity contribution < 1.29 is 18.7 Å². The predicted octanol–water partition coefficient (Wildman–Crippen LogP) is 4.95. The highest BCUT2D eigenvalue weighted by Crippen LogP contribution is 2.34. The summed E-state index contributed by atoms with van der Waals surface area (Å²) in [5.41, 5.74) is 1.39. The standard InChI is InChI=1S/C23H19FN2O3S/c1-28-20-12-15(10-11-25-20)13-26-23(27)22-17(14-29-16-6-3-2-4-7-16)21-18(24)8-5-9-19(21)30-22/h2-12H,13-14H2,1H3,(H,26,27). The molecule has 0 bridgehead atoms. The largest absolute Gasteiger partial charge is 0.489 e. The number of methoxy groups -OCH3 is 1. The Labute approximate surface area is 177 Å². The predicted molar refractivity (Wildman–Crippen MR) is 115 cm³/mol. The Morgan fingerprint density at radius 2 is 1.97 bits per heavy atom. The number of nitrogens with zero attached hydrogens (tertiary/aromatic N) is 1. The molecule has 4 aromatic rings. The smallest absolute Gasteiger partial charge is 0.262 e. The van der Waals surface area contributed by atoms with Gasteiger partial charge in [-0.3, -0.25) is 4.79 Å². The Kier molecular flexibility index (Phi) is 5.90. The molecule has 0 spiro atoms. The van der Waals surface area contributed by atoms with Crippen molar-refractivity contribution in [1.29, 1.82) is 0 Å². The molecule has 1 N–H and O–H groups in total. The van der Waals surface area contributed by atoms with Gasteiger partial charge in [-0.2, -0.15) is 0 Å². The van der Waals surface area contributed by atoms with E-state index in [2.05, 4.69) is 10.3 Å². The van der Waals surface area contributed by atoms with Crippen LogP contribution in [0.2, 0.25) is 0 Å². The molecular formula is C23H19FN2O3S. The third kappa shape index (κ3) is 4.26. The molecule has 4 rings (SSSR count). The van der Waals surface area contributed by atoms with Crippen molar-refractivity contribution in [2.45, 2.75) is 13.2 Å². The van der Waals surface area contributed by atoms with E-state index in [0.29, 0.717) is 38.7 Å². The number of carbonyl (C=O) groups excluding carboxylic acids is 1. The molecule has 1 amide bonds. The molecule has 152 valence electrons. The second-order valence-corrected chi connectivity index (χ2v) is 7.57. The number of rotatable bonds is 7. The second-order valence-electron chi connectivity index (χ2n) is 6.51. The van der Waals surface area contributed by atoms with Crippen LogP contribution in [0.4, 0.5) is 4.39 Å². The topological polar surface area (TPSA) is 60.5 Å². The molecule has 7 heteroatoms. The quantitative estimate of drug-likeness (QED) is 0.458. The highest BCUT2D eigenvalue weighted by molar-refractivity contribution is 7.21. The molecular weight excluding hydrogens is 403 g/mol. The van der Waals surface area contributed by atoms with E-state index in [1.165, 1.54) is 24.5 Å². The van der Waals surface area contributed by atoms with Gasteiger partial charge >= 0.3 is 0 Å².